The quantitative estimate of drug-likeness (QED) is 0.609. The number of thiophene rings is 1. The summed E-state index contributed by atoms with van der Waals surface area (Å²) in [5.74, 6) is 1.16. The van der Waals surface area contributed by atoms with Crippen molar-refractivity contribution in [2.75, 3.05) is 31.1 Å². The predicted octanol–water partition coefficient (Wildman–Crippen LogP) is 1.74. The highest BCUT2D eigenvalue weighted by molar-refractivity contribution is 7.71. The number of rotatable bonds is 4. The van der Waals surface area contributed by atoms with E-state index in [0.717, 1.165) is 49.2 Å². The number of nitrogens with one attached hydrogen (secondary N) is 2. The molecule has 0 atom stereocenters. The van der Waals surface area contributed by atoms with Gasteiger partial charge in [0, 0.05) is 5.69 Å². The van der Waals surface area contributed by atoms with Crippen molar-refractivity contribution in [3.63, 3.8) is 0 Å². The van der Waals surface area contributed by atoms with Gasteiger partial charge in [-0.3, -0.25) is 5.10 Å². The molecule has 1 fully saturated rings. The Balaban J connectivity index is 1.39. The summed E-state index contributed by atoms with van der Waals surface area (Å²) in [5.41, 5.74) is 1.16. The molecule has 0 radical (unpaired) electrons. The van der Waals surface area contributed by atoms with E-state index < -0.39 is 0 Å². The first-order chi connectivity index (χ1) is 12.2. The lowest BCUT2D eigenvalue weighted by molar-refractivity contribution is -0.924. The minimum Gasteiger partial charge on any atom is -0.508 e. The van der Waals surface area contributed by atoms with Gasteiger partial charge in [0.15, 0.2) is 12.5 Å². The molecular formula is C17H20N5OS2+. The smallest absolute Gasteiger partial charge is 0.221 e. The zero-order valence-corrected chi connectivity index (χ0v) is 15.3. The van der Waals surface area contributed by atoms with Crippen LogP contribution in [-0.2, 0) is 6.67 Å². The molecule has 6 nitrogen and oxygen atoms in total. The highest BCUT2D eigenvalue weighted by Crippen LogP contribution is 2.20. The number of anilines is 1. The Kier molecular flexibility index (Phi) is 4.56. The molecule has 130 valence electrons. The van der Waals surface area contributed by atoms with Crippen LogP contribution in [-0.4, -0.2) is 46.1 Å². The molecule has 1 aliphatic heterocycles. The number of hydrogen-bond acceptors (Lipinski definition) is 5. The van der Waals surface area contributed by atoms with E-state index >= 15 is 0 Å². The molecule has 0 spiro atoms. The van der Waals surface area contributed by atoms with E-state index in [1.807, 2.05) is 34.3 Å². The Morgan fingerprint density at radius 1 is 1.20 bits per heavy atom. The van der Waals surface area contributed by atoms with E-state index in [9.17, 15) is 5.11 Å². The molecular weight excluding hydrogens is 354 g/mol. The highest BCUT2D eigenvalue weighted by atomic mass is 32.1. The fraction of sp³-hybridized carbons (Fsp3) is 0.294. The van der Waals surface area contributed by atoms with Crippen LogP contribution in [0.5, 0.6) is 5.75 Å². The molecule has 0 unspecified atom stereocenters. The zero-order valence-electron chi connectivity index (χ0n) is 13.7. The van der Waals surface area contributed by atoms with Crippen molar-refractivity contribution in [1.82, 2.24) is 14.8 Å². The van der Waals surface area contributed by atoms with Gasteiger partial charge >= 0.3 is 0 Å². The van der Waals surface area contributed by atoms with Crippen molar-refractivity contribution in [2.45, 2.75) is 6.67 Å². The number of aromatic amines is 1. The molecule has 3 aromatic rings. The molecule has 8 heteroatoms. The van der Waals surface area contributed by atoms with Gasteiger partial charge in [0.05, 0.1) is 31.1 Å². The Morgan fingerprint density at radius 2 is 1.96 bits per heavy atom. The number of quaternary nitrogens is 1. The van der Waals surface area contributed by atoms with Gasteiger partial charge in [-0.1, -0.05) is 6.07 Å². The van der Waals surface area contributed by atoms with E-state index in [2.05, 4.69) is 15.0 Å². The third-order valence-corrected chi connectivity index (χ3v) is 5.69. The monoisotopic (exact) mass is 374 g/mol. The van der Waals surface area contributed by atoms with Crippen LogP contribution in [0.4, 0.5) is 5.69 Å². The maximum absolute atomic E-state index is 9.41. The molecule has 1 saturated heterocycles. The van der Waals surface area contributed by atoms with Crippen molar-refractivity contribution in [1.29, 1.82) is 0 Å². The number of phenolic OH excluding ortho intramolecular Hbond substituents is 1. The maximum Gasteiger partial charge on any atom is 0.221 e. The molecule has 0 aliphatic carbocycles. The van der Waals surface area contributed by atoms with Crippen LogP contribution in [0.15, 0.2) is 41.8 Å². The van der Waals surface area contributed by atoms with E-state index in [1.54, 1.807) is 23.5 Å². The Bertz CT molecular complexity index is 877. The van der Waals surface area contributed by atoms with Crippen LogP contribution < -0.4 is 9.80 Å². The van der Waals surface area contributed by atoms with Crippen LogP contribution in [0.2, 0.25) is 0 Å². The number of aromatic nitrogens is 3. The summed E-state index contributed by atoms with van der Waals surface area (Å²) in [6.45, 7) is 4.85. The Hall–Kier alpha value is -2.16. The third-order valence-electron chi connectivity index (χ3n) is 4.50. The molecule has 3 heterocycles. The van der Waals surface area contributed by atoms with Crippen molar-refractivity contribution in [2.24, 2.45) is 0 Å². The largest absolute Gasteiger partial charge is 0.508 e. The van der Waals surface area contributed by atoms with Crippen molar-refractivity contribution in [3.8, 4) is 16.5 Å². The van der Waals surface area contributed by atoms with Gasteiger partial charge in [-0.2, -0.15) is 4.98 Å². The second-order valence-electron chi connectivity index (χ2n) is 6.17. The number of benzene rings is 1. The number of hydrogen-bond donors (Lipinski definition) is 3. The normalized spacial score (nSPS) is 15.6. The average Bonchev–Trinajstić information content (AvgIpc) is 3.27. The third kappa shape index (κ3) is 3.60. The predicted molar refractivity (Wildman–Crippen MR) is 102 cm³/mol. The Morgan fingerprint density at radius 3 is 2.64 bits per heavy atom. The summed E-state index contributed by atoms with van der Waals surface area (Å²) in [6.07, 6.45) is 0. The van der Waals surface area contributed by atoms with E-state index in [4.69, 9.17) is 12.2 Å². The fourth-order valence-corrected chi connectivity index (χ4v) is 3.98. The van der Waals surface area contributed by atoms with Crippen LogP contribution >= 0.6 is 23.6 Å². The SMILES string of the molecule is Oc1ccc(N2CC[NH+](Cn3[nH]c(-c4cccs4)nc3=S)CC2)cc1. The van der Waals surface area contributed by atoms with Gasteiger partial charge in [0.2, 0.25) is 4.77 Å². The van der Waals surface area contributed by atoms with Gasteiger partial charge in [-0.25, -0.2) is 4.68 Å². The lowest BCUT2D eigenvalue weighted by atomic mass is 10.2. The van der Waals surface area contributed by atoms with Gasteiger partial charge in [-0.05, 0) is 47.9 Å². The number of phenols is 1. The van der Waals surface area contributed by atoms with Gasteiger partial charge in [-0.15, -0.1) is 11.3 Å². The first-order valence-corrected chi connectivity index (χ1v) is 9.56. The number of H-pyrrole nitrogens is 1. The van der Waals surface area contributed by atoms with E-state index in [1.165, 1.54) is 4.90 Å². The standard InChI is InChI=1S/C17H19N5OS2/c23-14-5-3-13(4-6-14)21-9-7-20(8-10-21)12-22-17(24)18-16(19-22)15-2-1-11-25-15/h1-6,11,23H,7-10,12H2,(H,18,19,24)/p+1. The molecule has 0 bridgehead atoms. The topological polar surface area (TPSA) is 61.5 Å². The lowest BCUT2D eigenvalue weighted by Gasteiger charge is -2.33. The zero-order chi connectivity index (χ0) is 17.2. The molecule has 0 amide bonds. The van der Waals surface area contributed by atoms with Crippen molar-refractivity contribution in [3.05, 3.63) is 46.5 Å². The number of nitrogens with zero attached hydrogens (tertiary/aromatic N) is 3. The minimum atomic E-state index is 0.308. The van der Waals surface area contributed by atoms with Crippen LogP contribution in [0.1, 0.15) is 0 Å². The second kappa shape index (κ2) is 6.99. The first-order valence-electron chi connectivity index (χ1n) is 8.27. The minimum absolute atomic E-state index is 0.308. The molecule has 1 aliphatic rings. The second-order valence-corrected chi connectivity index (χ2v) is 7.48. The maximum atomic E-state index is 9.41. The summed E-state index contributed by atoms with van der Waals surface area (Å²) >= 11 is 7.06. The first kappa shape index (κ1) is 16.3. The fourth-order valence-electron chi connectivity index (χ4n) is 3.11. The summed E-state index contributed by atoms with van der Waals surface area (Å²) in [7, 11) is 0. The van der Waals surface area contributed by atoms with Gasteiger partial charge in [0.25, 0.3) is 0 Å². The molecule has 3 N–H and O–H groups in total. The molecule has 4 rings (SSSR count). The lowest BCUT2D eigenvalue weighted by Crippen LogP contribution is -3.14. The van der Waals surface area contributed by atoms with Crippen LogP contribution in [0.25, 0.3) is 10.7 Å². The molecule has 1 aromatic carbocycles. The summed E-state index contributed by atoms with van der Waals surface area (Å²) in [5, 5.41) is 14.8. The van der Waals surface area contributed by atoms with Crippen LogP contribution in [0.3, 0.4) is 0 Å². The number of aromatic hydroxyl groups is 1. The molecule has 2 aromatic heterocycles. The van der Waals surface area contributed by atoms with Gasteiger partial charge in [0.1, 0.15) is 5.75 Å². The van der Waals surface area contributed by atoms with E-state index in [0.29, 0.717) is 10.5 Å². The summed E-state index contributed by atoms with van der Waals surface area (Å²) in [6, 6.07) is 11.5. The number of piperazine rings is 1. The van der Waals surface area contributed by atoms with E-state index in [-0.39, 0.29) is 0 Å². The Labute approximate surface area is 155 Å². The van der Waals surface area contributed by atoms with Crippen molar-refractivity contribution < 1.29 is 10.0 Å². The highest BCUT2D eigenvalue weighted by Gasteiger charge is 2.21. The molecule has 25 heavy (non-hydrogen) atoms. The van der Waals surface area contributed by atoms with Crippen LogP contribution in [0, 0.1) is 4.77 Å². The average molecular weight is 375 g/mol. The molecule has 0 saturated carbocycles. The van der Waals surface area contributed by atoms with Crippen molar-refractivity contribution >= 4 is 29.2 Å². The summed E-state index contributed by atoms with van der Waals surface area (Å²) in [4.78, 5) is 9.42. The van der Waals surface area contributed by atoms with Gasteiger partial charge < -0.3 is 14.9 Å². The summed E-state index contributed by atoms with van der Waals surface area (Å²) < 4.78 is 2.58.